The zero-order valence-electron chi connectivity index (χ0n) is 27.8. The predicted octanol–water partition coefficient (Wildman–Crippen LogP) is 12.9. The molecule has 2 N–H and O–H groups in total. The van der Waals surface area contributed by atoms with Gasteiger partial charge >= 0.3 is 0 Å². The lowest BCUT2D eigenvalue weighted by Gasteiger charge is -2.10. The molecule has 0 amide bonds. The fourth-order valence-electron chi connectivity index (χ4n) is 6.71. The molecule has 0 saturated heterocycles. The SMILES string of the molecule is CNc1ccc(-c2ccccc2C)c(C)c1.c1cc(Nc2ccc3oc4ccccc4c3c2)cc(-c2cccc3c2oc2ccccc23)c1. The van der Waals surface area contributed by atoms with Crippen LogP contribution < -0.4 is 10.6 Å². The fraction of sp³-hybridized carbons (Fsp3) is 0.0667. The predicted molar refractivity (Wildman–Crippen MR) is 207 cm³/mol. The third-order valence-corrected chi connectivity index (χ3v) is 9.19. The minimum atomic E-state index is 0.895. The van der Waals surface area contributed by atoms with Crippen LogP contribution in [0.15, 0.2) is 160 Å². The highest BCUT2D eigenvalue weighted by Crippen LogP contribution is 2.37. The van der Waals surface area contributed by atoms with E-state index in [-0.39, 0.29) is 0 Å². The van der Waals surface area contributed by atoms with Crippen LogP contribution >= 0.6 is 0 Å². The Morgan fingerprint density at radius 3 is 1.82 bits per heavy atom. The number of hydrogen-bond donors (Lipinski definition) is 2. The van der Waals surface area contributed by atoms with Crippen LogP contribution in [0.5, 0.6) is 0 Å². The molecule has 0 bridgehead atoms. The first kappa shape index (κ1) is 30.1. The molecule has 0 spiro atoms. The lowest BCUT2D eigenvalue weighted by molar-refractivity contribution is 0.669. The average molecular weight is 637 g/mol. The molecule has 0 saturated carbocycles. The Hall–Kier alpha value is -6.26. The Morgan fingerprint density at radius 2 is 1.02 bits per heavy atom. The highest BCUT2D eigenvalue weighted by Gasteiger charge is 2.13. The molecule has 9 rings (SSSR count). The molecule has 0 fully saturated rings. The van der Waals surface area contributed by atoms with Crippen LogP contribution in [0, 0.1) is 13.8 Å². The number of rotatable bonds is 5. The smallest absolute Gasteiger partial charge is 0.143 e. The Balaban J connectivity index is 0.000000184. The minimum Gasteiger partial charge on any atom is -0.456 e. The second-order valence-corrected chi connectivity index (χ2v) is 12.4. The van der Waals surface area contributed by atoms with E-state index in [1.165, 1.54) is 22.3 Å². The van der Waals surface area contributed by atoms with Crippen molar-refractivity contribution in [1.82, 2.24) is 0 Å². The largest absolute Gasteiger partial charge is 0.456 e. The van der Waals surface area contributed by atoms with Crippen LogP contribution in [0.1, 0.15) is 11.1 Å². The molecule has 2 heterocycles. The zero-order valence-corrected chi connectivity index (χ0v) is 27.8. The monoisotopic (exact) mass is 636 g/mol. The Bertz CT molecular complexity index is 2610. The molecule has 4 heteroatoms. The number of anilines is 3. The van der Waals surface area contributed by atoms with Crippen molar-refractivity contribution in [2.75, 3.05) is 17.7 Å². The first-order valence-corrected chi connectivity index (χ1v) is 16.6. The van der Waals surface area contributed by atoms with Gasteiger partial charge in [0, 0.05) is 51.2 Å². The lowest BCUT2D eigenvalue weighted by Crippen LogP contribution is -1.91. The number of nitrogens with one attached hydrogen (secondary N) is 2. The second-order valence-electron chi connectivity index (χ2n) is 12.4. The maximum Gasteiger partial charge on any atom is 0.143 e. The van der Waals surface area contributed by atoms with Crippen molar-refractivity contribution in [2.24, 2.45) is 0 Å². The van der Waals surface area contributed by atoms with E-state index < -0.39 is 0 Å². The molecule has 49 heavy (non-hydrogen) atoms. The van der Waals surface area contributed by atoms with Crippen LogP contribution in [0.2, 0.25) is 0 Å². The van der Waals surface area contributed by atoms with Gasteiger partial charge in [0.25, 0.3) is 0 Å². The Labute approximate surface area is 285 Å². The number of para-hydroxylation sites is 3. The molecule has 0 aliphatic carbocycles. The highest BCUT2D eigenvalue weighted by atomic mass is 16.3. The van der Waals surface area contributed by atoms with Crippen molar-refractivity contribution in [3.8, 4) is 22.3 Å². The van der Waals surface area contributed by atoms with Gasteiger partial charge in [0.05, 0.1) is 0 Å². The fourth-order valence-corrected chi connectivity index (χ4v) is 6.71. The number of aryl methyl sites for hydroxylation is 2. The van der Waals surface area contributed by atoms with Crippen molar-refractivity contribution in [3.63, 3.8) is 0 Å². The summed E-state index contributed by atoms with van der Waals surface area (Å²) in [5.41, 5.74) is 14.3. The Morgan fingerprint density at radius 1 is 0.408 bits per heavy atom. The third kappa shape index (κ3) is 5.79. The number of benzene rings is 7. The standard InChI is InChI=1S/C30H19NO2.C15H17N/c1-4-14-28-23(9-1)25-12-6-11-22(30(25)33-28)19-7-5-8-20(17-19)31-21-15-16-29-26(18-21)24-10-2-3-13-27(24)32-29;1-11-6-4-5-7-14(11)15-9-8-13(16-3)10-12(15)2/h1-18,31H;4-10,16H,1-3H3. The molecule has 0 atom stereocenters. The average Bonchev–Trinajstić information content (AvgIpc) is 3.71. The van der Waals surface area contributed by atoms with Crippen molar-refractivity contribution in [2.45, 2.75) is 13.8 Å². The van der Waals surface area contributed by atoms with Crippen molar-refractivity contribution in [1.29, 1.82) is 0 Å². The van der Waals surface area contributed by atoms with E-state index in [0.29, 0.717) is 0 Å². The molecule has 238 valence electrons. The van der Waals surface area contributed by atoms with Crippen LogP contribution in [0.3, 0.4) is 0 Å². The van der Waals surface area contributed by atoms with E-state index in [4.69, 9.17) is 8.83 Å². The molecule has 9 aromatic rings. The van der Waals surface area contributed by atoms with Gasteiger partial charge in [-0.2, -0.15) is 0 Å². The molecule has 7 aromatic carbocycles. The van der Waals surface area contributed by atoms with Gasteiger partial charge in [-0.15, -0.1) is 0 Å². The first-order valence-electron chi connectivity index (χ1n) is 16.6. The zero-order chi connectivity index (χ0) is 33.3. The summed E-state index contributed by atoms with van der Waals surface area (Å²) in [5, 5.41) is 11.2. The summed E-state index contributed by atoms with van der Waals surface area (Å²) in [6.45, 7) is 4.31. The van der Waals surface area contributed by atoms with Gasteiger partial charge < -0.3 is 19.5 Å². The number of furan rings is 2. The van der Waals surface area contributed by atoms with E-state index in [9.17, 15) is 0 Å². The topological polar surface area (TPSA) is 50.3 Å². The summed E-state index contributed by atoms with van der Waals surface area (Å²) in [7, 11) is 1.95. The van der Waals surface area contributed by atoms with Gasteiger partial charge in [-0.3, -0.25) is 0 Å². The van der Waals surface area contributed by atoms with E-state index in [2.05, 4.69) is 140 Å². The van der Waals surface area contributed by atoms with Gasteiger partial charge in [0.2, 0.25) is 0 Å². The van der Waals surface area contributed by atoms with Crippen molar-refractivity contribution >= 4 is 60.9 Å². The molecular formula is C45H36N2O2. The molecule has 2 aromatic heterocycles. The summed E-state index contributed by atoms with van der Waals surface area (Å²) in [6, 6.07) is 52.3. The second kappa shape index (κ2) is 12.7. The lowest BCUT2D eigenvalue weighted by atomic mass is 9.96. The molecule has 0 aliphatic heterocycles. The van der Waals surface area contributed by atoms with Crippen LogP contribution in [-0.4, -0.2) is 7.05 Å². The van der Waals surface area contributed by atoms with E-state index in [1.807, 2.05) is 43.4 Å². The van der Waals surface area contributed by atoms with E-state index >= 15 is 0 Å². The maximum absolute atomic E-state index is 6.25. The molecule has 0 unspecified atom stereocenters. The maximum atomic E-state index is 6.25. The Kier molecular flexibility index (Phi) is 7.83. The highest BCUT2D eigenvalue weighted by molar-refractivity contribution is 6.10. The quantitative estimate of drug-likeness (QED) is 0.197. The van der Waals surface area contributed by atoms with Crippen LogP contribution in [0.25, 0.3) is 66.1 Å². The summed E-state index contributed by atoms with van der Waals surface area (Å²) >= 11 is 0. The minimum absolute atomic E-state index is 0.895. The van der Waals surface area contributed by atoms with Gasteiger partial charge in [0.15, 0.2) is 0 Å². The van der Waals surface area contributed by atoms with Gasteiger partial charge in [-0.1, -0.05) is 97.1 Å². The normalized spacial score (nSPS) is 11.2. The van der Waals surface area contributed by atoms with Crippen molar-refractivity contribution < 1.29 is 8.83 Å². The molecular weight excluding hydrogens is 601 g/mol. The first-order chi connectivity index (χ1) is 24.1. The molecule has 4 nitrogen and oxygen atoms in total. The van der Waals surface area contributed by atoms with Gasteiger partial charge in [0.1, 0.15) is 22.3 Å². The summed E-state index contributed by atoms with van der Waals surface area (Å²) in [4.78, 5) is 0. The summed E-state index contributed by atoms with van der Waals surface area (Å²) < 4.78 is 12.2. The number of fused-ring (bicyclic) bond motifs is 6. The third-order valence-electron chi connectivity index (χ3n) is 9.19. The molecule has 0 radical (unpaired) electrons. The van der Waals surface area contributed by atoms with Crippen LogP contribution in [0.4, 0.5) is 17.1 Å². The van der Waals surface area contributed by atoms with E-state index in [0.717, 1.165) is 72.1 Å². The van der Waals surface area contributed by atoms with Crippen LogP contribution in [-0.2, 0) is 0 Å². The van der Waals surface area contributed by atoms with Gasteiger partial charge in [-0.25, -0.2) is 0 Å². The van der Waals surface area contributed by atoms with Crippen molar-refractivity contribution in [3.05, 3.63) is 163 Å². The van der Waals surface area contributed by atoms with Gasteiger partial charge in [-0.05, 0) is 96.3 Å². The molecule has 0 aliphatic rings. The summed E-state index contributed by atoms with van der Waals surface area (Å²) in [6.07, 6.45) is 0. The summed E-state index contributed by atoms with van der Waals surface area (Å²) in [5.74, 6) is 0. The van der Waals surface area contributed by atoms with E-state index in [1.54, 1.807) is 0 Å². The number of hydrogen-bond acceptors (Lipinski definition) is 4.